The molecule has 6 heteroatoms. The number of rotatable bonds is 4. The summed E-state index contributed by atoms with van der Waals surface area (Å²) >= 11 is 3.44. The van der Waals surface area contributed by atoms with Crippen molar-refractivity contribution in [2.24, 2.45) is 0 Å². The van der Waals surface area contributed by atoms with Crippen molar-refractivity contribution in [2.45, 2.75) is 6.42 Å². The van der Waals surface area contributed by atoms with Crippen molar-refractivity contribution in [1.82, 2.24) is 4.98 Å². The number of ether oxygens (including phenoxy) is 1. The lowest BCUT2D eigenvalue weighted by atomic mass is 10.1. The molecule has 108 valence electrons. The molecule has 5 nitrogen and oxygen atoms in total. The van der Waals surface area contributed by atoms with Gasteiger partial charge in [-0.1, -0.05) is 15.9 Å². The van der Waals surface area contributed by atoms with Crippen LogP contribution in [0.4, 0.5) is 5.69 Å². The number of hydrogen-bond acceptors (Lipinski definition) is 5. The van der Waals surface area contributed by atoms with Gasteiger partial charge in [0.1, 0.15) is 0 Å². The van der Waals surface area contributed by atoms with E-state index in [9.17, 15) is 4.79 Å². The topological polar surface area (TPSA) is 66.2 Å². The molecule has 2 aromatic rings. The lowest BCUT2D eigenvalue weighted by molar-refractivity contribution is 0.0594. The number of halogens is 1. The number of esters is 1. The standard InChI is InChI=1S/C15H14BrN3O2/c1-19(7-3-6-17)14-9-13(15(20)21-2)18-12-5-4-10(16)8-11(12)14/h4-5,8-9H,3,7H2,1-2H3. The molecule has 0 aliphatic carbocycles. The number of benzene rings is 1. The molecule has 1 heterocycles. The largest absolute Gasteiger partial charge is 0.464 e. The molecule has 1 aromatic heterocycles. The highest BCUT2D eigenvalue weighted by molar-refractivity contribution is 9.10. The molecule has 0 saturated carbocycles. The van der Waals surface area contributed by atoms with Gasteiger partial charge in [-0.15, -0.1) is 0 Å². The fourth-order valence-electron chi connectivity index (χ4n) is 2.04. The van der Waals surface area contributed by atoms with Crippen LogP contribution in [0.15, 0.2) is 28.7 Å². The van der Waals surface area contributed by atoms with Crippen LogP contribution in [0.25, 0.3) is 10.9 Å². The second-order valence-corrected chi connectivity index (χ2v) is 5.43. The van der Waals surface area contributed by atoms with E-state index in [1.54, 1.807) is 6.07 Å². The molecule has 0 bridgehead atoms. The maximum atomic E-state index is 11.7. The minimum atomic E-state index is -0.477. The first kappa shape index (κ1) is 15.3. The first-order chi connectivity index (χ1) is 10.1. The zero-order valence-corrected chi connectivity index (χ0v) is 13.3. The molecular formula is C15H14BrN3O2. The summed E-state index contributed by atoms with van der Waals surface area (Å²) in [7, 11) is 3.21. The number of nitriles is 1. The molecule has 0 N–H and O–H groups in total. The maximum absolute atomic E-state index is 11.7. The van der Waals surface area contributed by atoms with Gasteiger partial charge in [-0.3, -0.25) is 0 Å². The van der Waals surface area contributed by atoms with Gasteiger partial charge in [0.2, 0.25) is 0 Å². The fraction of sp³-hybridized carbons (Fsp3) is 0.267. The highest BCUT2D eigenvalue weighted by Crippen LogP contribution is 2.29. The van der Waals surface area contributed by atoms with Gasteiger partial charge in [0.15, 0.2) is 5.69 Å². The van der Waals surface area contributed by atoms with Crippen LogP contribution in [0, 0.1) is 11.3 Å². The summed E-state index contributed by atoms with van der Waals surface area (Å²) in [6.45, 7) is 0.572. The van der Waals surface area contributed by atoms with E-state index in [-0.39, 0.29) is 5.69 Å². The smallest absolute Gasteiger partial charge is 0.356 e. The normalized spacial score (nSPS) is 10.2. The van der Waals surface area contributed by atoms with E-state index in [4.69, 9.17) is 10.00 Å². The zero-order valence-electron chi connectivity index (χ0n) is 11.8. The summed E-state index contributed by atoms with van der Waals surface area (Å²) in [5, 5.41) is 9.64. The van der Waals surface area contributed by atoms with Gasteiger partial charge in [-0.25, -0.2) is 9.78 Å². The van der Waals surface area contributed by atoms with Crippen molar-refractivity contribution in [3.8, 4) is 6.07 Å². The van der Waals surface area contributed by atoms with Crippen LogP contribution in [-0.2, 0) is 4.74 Å². The summed E-state index contributed by atoms with van der Waals surface area (Å²) in [5.74, 6) is -0.477. The highest BCUT2D eigenvalue weighted by Gasteiger charge is 2.15. The molecule has 0 radical (unpaired) electrons. The van der Waals surface area contributed by atoms with Gasteiger partial charge in [0, 0.05) is 29.1 Å². The number of anilines is 1. The Morgan fingerprint density at radius 3 is 2.90 bits per heavy atom. The fourth-order valence-corrected chi connectivity index (χ4v) is 2.40. The van der Waals surface area contributed by atoms with Crippen molar-refractivity contribution >= 4 is 38.5 Å². The van der Waals surface area contributed by atoms with Crippen molar-refractivity contribution in [2.75, 3.05) is 25.6 Å². The minimum Gasteiger partial charge on any atom is -0.464 e. The van der Waals surface area contributed by atoms with Crippen molar-refractivity contribution in [1.29, 1.82) is 5.26 Å². The van der Waals surface area contributed by atoms with E-state index in [1.165, 1.54) is 7.11 Å². The Balaban J connectivity index is 2.60. The van der Waals surface area contributed by atoms with Crippen LogP contribution in [-0.4, -0.2) is 31.7 Å². The summed E-state index contributed by atoms with van der Waals surface area (Å²) < 4.78 is 5.67. The Labute approximate surface area is 131 Å². The molecular weight excluding hydrogens is 334 g/mol. The molecule has 0 saturated heterocycles. The van der Waals surface area contributed by atoms with Crippen LogP contribution >= 0.6 is 15.9 Å². The van der Waals surface area contributed by atoms with Gasteiger partial charge in [-0.2, -0.15) is 5.26 Å². The maximum Gasteiger partial charge on any atom is 0.356 e. The van der Waals surface area contributed by atoms with Crippen LogP contribution < -0.4 is 4.90 Å². The first-order valence-corrected chi connectivity index (χ1v) is 7.13. The molecule has 0 fully saturated rings. The second-order valence-electron chi connectivity index (χ2n) is 4.51. The van der Waals surface area contributed by atoms with Crippen LogP contribution in [0.3, 0.4) is 0 Å². The van der Waals surface area contributed by atoms with E-state index in [0.717, 1.165) is 15.5 Å². The van der Waals surface area contributed by atoms with E-state index in [0.29, 0.717) is 18.5 Å². The minimum absolute atomic E-state index is 0.256. The second kappa shape index (κ2) is 6.55. The van der Waals surface area contributed by atoms with Crippen molar-refractivity contribution in [3.63, 3.8) is 0 Å². The molecule has 0 aliphatic heterocycles. The number of carbonyl (C=O) groups is 1. The number of pyridine rings is 1. The summed E-state index contributed by atoms with van der Waals surface area (Å²) in [6.07, 6.45) is 0.405. The molecule has 0 spiro atoms. The number of fused-ring (bicyclic) bond motifs is 1. The van der Waals surface area contributed by atoms with Gasteiger partial charge in [-0.05, 0) is 24.3 Å². The van der Waals surface area contributed by atoms with Gasteiger partial charge in [0.05, 0.1) is 25.1 Å². The summed E-state index contributed by atoms with van der Waals surface area (Å²) in [6, 6.07) is 9.47. The molecule has 21 heavy (non-hydrogen) atoms. The van der Waals surface area contributed by atoms with Gasteiger partial charge >= 0.3 is 5.97 Å². The van der Waals surface area contributed by atoms with Crippen molar-refractivity contribution in [3.05, 3.63) is 34.4 Å². The number of hydrogen-bond donors (Lipinski definition) is 0. The Bertz CT molecular complexity index is 725. The van der Waals surface area contributed by atoms with Crippen LogP contribution in [0.5, 0.6) is 0 Å². The monoisotopic (exact) mass is 347 g/mol. The number of nitrogens with zero attached hydrogens (tertiary/aromatic N) is 3. The number of aromatic nitrogens is 1. The quantitative estimate of drug-likeness (QED) is 0.795. The number of carbonyl (C=O) groups excluding carboxylic acids is 1. The third kappa shape index (κ3) is 3.31. The van der Waals surface area contributed by atoms with E-state index < -0.39 is 5.97 Å². The van der Waals surface area contributed by atoms with Gasteiger partial charge < -0.3 is 9.64 Å². The van der Waals surface area contributed by atoms with Crippen LogP contribution in [0.1, 0.15) is 16.9 Å². The Morgan fingerprint density at radius 2 is 2.24 bits per heavy atom. The highest BCUT2D eigenvalue weighted by atomic mass is 79.9. The average Bonchev–Trinajstić information content (AvgIpc) is 2.50. The molecule has 1 aromatic carbocycles. The predicted octanol–water partition coefficient (Wildman–Crippen LogP) is 3.13. The Hall–Kier alpha value is -2.13. The summed E-state index contributed by atoms with van der Waals surface area (Å²) in [5.41, 5.74) is 1.81. The first-order valence-electron chi connectivity index (χ1n) is 6.33. The number of methoxy groups -OCH3 is 1. The Morgan fingerprint density at radius 1 is 1.48 bits per heavy atom. The third-order valence-electron chi connectivity index (χ3n) is 3.11. The van der Waals surface area contributed by atoms with E-state index >= 15 is 0 Å². The molecule has 0 atom stereocenters. The molecule has 0 aliphatic rings. The SMILES string of the molecule is COC(=O)c1cc(N(C)CCC#N)c2cc(Br)ccc2n1. The Kier molecular flexibility index (Phi) is 4.76. The van der Waals surface area contributed by atoms with Crippen molar-refractivity contribution < 1.29 is 9.53 Å². The van der Waals surface area contributed by atoms with E-state index in [2.05, 4.69) is 27.0 Å². The lowest BCUT2D eigenvalue weighted by Gasteiger charge is -2.20. The third-order valence-corrected chi connectivity index (χ3v) is 3.61. The summed E-state index contributed by atoms with van der Waals surface area (Å²) in [4.78, 5) is 18.0. The van der Waals surface area contributed by atoms with Gasteiger partial charge in [0.25, 0.3) is 0 Å². The predicted molar refractivity (Wildman–Crippen MR) is 84.3 cm³/mol. The molecule has 0 unspecified atom stereocenters. The van der Waals surface area contributed by atoms with Crippen LogP contribution in [0.2, 0.25) is 0 Å². The lowest BCUT2D eigenvalue weighted by Crippen LogP contribution is -2.19. The average molecular weight is 348 g/mol. The van der Waals surface area contributed by atoms with E-state index in [1.807, 2.05) is 30.1 Å². The molecule has 2 rings (SSSR count). The zero-order chi connectivity index (χ0) is 15.4. The molecule has 0 amide bonds.